The van der Waals surface area contributed by atoms with Crippen molar-refractivity contribution in [3.05, 3.63) is 107 Å². The van der Waals surface area contributed by atoms with Crippen molar-refractivity contribution >= 4 is 11.9 Å². The minimum Gasteiger partial charge on any atom is -0.389 e. The number of aliphatic hydroxyl groups excluding tert-OH is 1. The van der Waals surface area contributed by atoms with Crippen LogP contribution in [0.4, 0.5) is 4.79 Å². The molecule has 3 aromatic rings. The SMILES string of the molecule is NC(=O)c1cccc(CN2C(=O)N[C@H](CCc3ccccc3)[C@@H](O)[C@H]2Cc2ccccc2)c1. The molecule has 1 heterocycles. The third-order valence-corrected chi connectivity index (χ3v) is 6.22. The van der Waals surface area contributed by atoms with E-state index in [1.165, 1.54) is 5.56 Å². The smallest absolute Gasteiger partial charge is 0.318 e. The number of hydrogen-bond acceptors (Lipinski definition) is 3. The van der Waals surface area contributed by atoms with E-state index < -0.39 is 18.1 Å². The third kappa shape index (κ3) is 5.59. The van der Waals surface area contributed by atoms with E-state index in [4.69, 9.17) is 5.73 Å². The number of amides is 3. The predicted octanol–water partition coefficient (Wildman–Crippen LogP) is 3.28. The minimum atomic E-state index is -0.744. The second-order valence-corrected chi connectivity index (χ2v) is 8.52. The Morgan fingerprint density at radius 1 is 0.909 bits per heavy atom. The van der Waals surface area contributed by atoms with Crippen LogP contribution >= 0.6 is 0 Å². The number of nitrogens with two attached hydrogens (primary N) is 1. The first kappa shape index (κ1) is 22.6. The van der Waals surface area contributed by atoms with Gasteiger partial charge in [0.1, 0.15) is 0 Å². The first-order valence-corrected chi connectivity index (χ1v) is 11.2. The highest BCUT2D eigenvalue weighted by Gasteiger charge is 2.40. The van der Waals surface area contributed by atoms with Crippen molar-refractivity contribution in [2.45, 2.75) is 44.0 Å². The van der Waals surface area contributed by atoms with Gasteiger partial charge in [0, 0.05) is 12.1 Å². The van der Waals surface area contributed by atoms with Crippen LogP contribution in [0.2, 0.25) is 0 Å². The van der Waals surface area contributed by atoms with Crippen LogP contribution in [0.3, 0.4) is 0 Å². The van der Waals surface area contributed by atoms with Crippen LogP contribution in [0.25, 0.3) is 0 Å². The lowest BCUT2D eigenvalue weighted by Gasteiger charge is -2.44. The summed E-state index contributed by atoms with van der Waals surface area (Å²) in [6, 6.07) is 25.9. The van der Waals surface area contributed by atoms with E-state index in [-0.39, 0.29) is 18.6 Å². The van der Waals surface area contributed by atoms with E-state index in [0.29, 0.717) is 18.4 Å². The van der Waals surface area contributed by atoms with Crippen LogP contribution in [-0.4, -0.2) is 40.1 Å². The van der Waals surface area contributed by atoms with Gasteiger partial charge < -0.3 is 21.1 Å². The van der Waals surface area contributed by atoms with Crippen molar-refractivity contribution in [3.63, 3.8) is 0 Å². The molecular weight excluding hydrogens is 414 g/mol. The van der Waals surface area contributed by atoms with Gasteiger partial charge in [-0.05, 0) is 48.1 Å². The van der Waals surface area contributed by atoms with E-state index in [0.717, 1.165) is 17.5 Å². The lowest BCUT2D eigenvalue weighted by Crippen LogP contribution is -2.65. The number of primary amides is 1. The van der Waals surface area contributed by atoms with Crippen molar-refractivity contribution in [2.75, 3.05) is 0 Å². The summed E-state index contributed by atoms with van der Waals surface area (Å²) in [5.74, 6) is -0.512. The summed E-state index contributed by atoms with van der Waals surface area (Å²) in [6.07, 6.45) is 1.20. The van der Waals surface area contributed by atoms with Crippen LogP contribution in [0.15, 0.2) is 84.9 Å². The van der Waals surface area contributed by atoms with Gasteiger partial charge in [0.05, 0.1) is 18.2 Å². The number of carbonyl (C=O) groups excluding carboxylic acids is 2. The summed E-state index contributed by atoms with van der Waals surface area (Å²) in [5, 5.41) is 14.4. The number of nitrogens with one attached hydrogen (secondary N) is 1. The maximum Gasteiger partial charge on any atom is 0.318 e. The summed E-state index contributed by atoms with van der Waals surface area (Å²) in [7, 11) is 0. The van der Waals surface area contributed by atoms with E-state index in [2.05, 4.69) is 17.4 Å². The van der Waals surface area contributed by atoms with Crippen molar-refractivity contribution < 1.29 is 14.7 Å². The molecule has 1 fully saturated rings. The summed E-state index contributed by atoms with van der Waals surface area (Å²) in [6.45, 7) is 0.271. The van der Waals surface area contributed by atoms with Crippen molar-refractivity contribution in [3.8, 4) is 0 Å². The Labute approximate surface area is 194 Å². The Hall–Kier alpha value is -3.64. The van der Waals surface area contributed by atoms with Crippen LogP contribution in [-0.2, 0) is 19.4 Å². The number of nitrogens with zero attached hydrogens (tertiary/aromatic N) is 1. The lowest BCUT2D eigenvalue weighted by atomic mass is 9.89. The molecule has 1 saturated heterocycles. The molecule has 4 rings (SSSR count). The number of aryl methyl sites for hydroxylation is 1. The summed E-state index contributed by atoms with van der Waals surface area (Å²) >= 11 is 0. The van der Waals surface area contributed by atoms with E-state index >= 15 is 0 Å². The number of hydrogen-bond donors (Lipinski definition) is 3. The Kier molecular flexibility index (Phi) is 7.05. The van der Waals surface area contributed by atoms with E-state index in [9.17, 15) is 14.7 Å². The third-order valence-electron chi connectivity index (χ3n) is 6.22. The standard InChI is InChI=1S/C27H29N3O3/c28-26(32)22-13-7-12-21(16-22)18-30-24(17-20-10-5-2-6-11-20)25(31)23(29-27(30)33)15-14-19-8-3-1-4-9-19/h1-13,16,23-25,31H,14-15,17-18H2,(H2,28,32)(H,29,33)/t23-,24-,25-/m1/s1. The van der Waals surface area contributed by atoms with Gasteiger partial charge in [0.25, 0.3) is 0 Å². The van der Waals surface area contributed by atoms with Gasteiger partial charge in [-0.25, -0.2) is 4.79 Å². The summed E-state index contributed by atoms with van der Waals surface area (Å²) in [5.41, 5.74) is 8.82. The van der Waals surface area contributed by atoms with Gasteiger partial charge in [0.2, 0.25) is 5.91 Å². The molecule has 1 aliphatic heterocycles. The number of benzene rings is 3. The molecule has 3 aromatic carbocycles. The molecule has 0 saturated carbocycles. The van der Waals surface area contributed by atoms with Gasteiger partial charge in [-0.3, -0.25) is 4.79 Å². The molecule has 4 N–H and O–H groups in total. The topological polar surface area (TPSA) is 95.7 Å². The predicted molar refractivity (Wildman–Crippen MR) is 128 cm³/mol. The zero-order valence-electron chi connectivity index (χ0n) is 18.4. The average molecular weight is 444 g/mol. The largest absolute Gasteiger partial charge is 0.389 e. The first-order chi connectivity index (χ1) is 16.0. The fourth-order valence-electron chi connectivity index (χ4n) is 4.44. The Bertz CT molecular complexity index is 1090. The van der Waals surface area contributed by atoms with Crippen LogP contribution < -0.4 is 11.1 Å². The minimum absolute atomic E-state index is 0.219. The number of rotatable bonds is 8. The molecule has 0 aliphatic carbocycles. The quantitative estimate of drug-likeness (QED) is 0.499. The first-order valence-electron chi connectivity index (χ1n) is 11.2. The van der Waals surface area contributed by atoms with Crippen molar-refractivity contribution in [1.29, 1.82) is 0 Å². The highest BCUT2D eigenvalue weighted by Crippen LogP contribution is 2.24. The Morgan fingerprint density at radius 3 is 2.21 bits per heavy atom. The Balaban J connectivity index is 1.56. The van der Waals surface area contributed by atoms with E-state index in [1.807, 2.05) is 54.6 Å². The number of aliphatic hydroxyl groups is 1. The molecule has 6 nitrogen and oxygen atoms in total. The lowest BCUT2D eigenvalue weighted by molar-refractivity contribution is 0.0100. The van der Waals surface area contributed by atoms with Crippen LogP contribution in [0.1, 0.15) is 33.5 Å². The highest BCUT2D eigenvalue weighted by atomic mass is 16.3. The summed E-state index contributed by atoms with van der Waals surface area (Å²) < 4.78 is 0. The molecule has 0 spiro atoms. The van der Waals surface area contributed by atoms with E-state index in [1.54, 1.807) is 23.1 Å². The molecule has 0 radical (unpaired) electrons. The van der Waals surface area contributed by atoms with Gasteiger partial charge in [-0.15, -0.1) is 0 Å². The molecule has 0 unspecified atom stereocenters. The van der Waals surface area contributed by atoms with Gasteiger partial charge in [-0.1, -0.05) is 72.8 Å². The maximum absolute atomic E-state index is 13.2. The zero-order valence-corrected chi connectivity index (χ0v) is 18.4. The van der Waals surface area contributed by atoms with Gasteiger partial charge in [0.15, 0.2) is 0 Å². The van der Waals surface area contributed by atoms with Crippen LogP contribution in [0.5, 0.6) is 0 Å². The molecule has 6 heteroatoms. The number of urea groups is 1. The second kappa shape index (κ2) is 10.3. The molecule has 3 atom stereocenters. The van der Waals surface area contributed by atoms with Crippen molar-refractivity contribution in [2.24, 2.45) is 5.73 Å². The molecule has 0 aromatic heterocycles. The zero-order chi connectivity index (χ0) is 23.2. The number of carbonyl (C=O) groups is 2. The molecule has 0 bridgehead atoms. The maximum atomic E-state index is 13.2. The molecular formula is C27H29N3O3. The van der Waals surface area contributed by atoms with Crippen LogP contribution in [0, 0.1) is 0 Å². The van der Waals surface area contributed by atoms with Gasteiger partial charge in [-0.2, -0.15) is 0 Å². The van der Waals surface area contributed by atoms with Crippen molar-refractivity contribution in [1.82, 2.24) is 10.2 Å². The molecule has 170 valence electrons. The summed E-state index contributed by atoms with van der Waals surface area (Å²) in [4.78, 5) is 26.4. The normalized spacial score (nSPS) is 20.3. The average Bonchev–Trinajstić information content (AvgIpc) is 2.84. The fourth-order valence-corrected chi connectivity index (χ4v) is 4.44. The molecule has 1 aliphatic rings. The monoisotopic (exact) mass is 443 g/mol. The van der Waals surface area contributed by atoms with Gasteiger partial charge >= 0.3 is 6.03 Å². The fraction of sp³-hybridized carbons (Fsp3) is 0.259. The molecule has 3 amide bonds. The highest BCUT2D eigenvalue weighted by molar-refractivity contribution is 5.92. The molecule has 33 heavy (non-hydrogen) atoms. The Morgan fingerprint density at radius 2 is 1.55 bits per heavy atom. The second-order valence-electron chi connectivity index (χ2n) is 8.52.